The highest BCUT2D eigenvalue weighted by molar-refractivity contribution is 6.30. The van der Waals surface area contributed by atoms with Gasteiger partial charge in [-0.1, -0.05) is 11.6 Å². The van der Waals surface area contributed by atoms with Crippen LogP contribution in [0.1, 0.15) is 36.0 Å². The summed E-state index contributed by atoms with van der Waals surface area (Å²) < 4.78 is 0. The summed E-state index contributed by atoms with van der Waals surface area (Å²) in [7, 11) is 3.44. The van der Waals surface area contributed by atoms with E-state index < -0.39 is 0 Å². The van der Waals surface area contributed by atoms with Gasteiger partial charge in [0, 0.05) is 44.3 Å². The third kappa shape index (κ3) is 4.26. The van der Waals surface area contributed by atoms with Crippen molar-refractivity contribution in [2.75, 3.05) is 33.7 Å². The van der Waals surface area contributed by atoms with Gasteiger partial charge < -0.3 is 14.7 Å². The largest absolute Gasteiger partial charge is 0.347 e. The quantitative estimate of drug-likeness (QED) is 0.794. The summed E-state index contributed by atoms with van der Waals surface area (Å²) in [6.45, 7) is 1.66. The van der Waals surface area contributed by atoms with Crippen molar-refractivity contribution in [2.45, 2.75) is 31.7 Å². The van der Waals surface area contributed by atoms with Crippen molar-refractivity contribution in [2.24, 2.45) is 5.92 Å². The Morgan fingerprint density at radius 2 is 1.70 bits per heavy atom. The van der Waals surface area contributed by atoms with E-state index in [-0.39, 0.29) is 29.7 Å². The van der Waals surface area contributed by atoms with E-state index in [0.717, 1.165) is 19.3 Å². The molecule has 0 saturated carbocycles. The van der Waals surface area contributed by atoms with Crippen molar-refractivity contribution < 1.29 is 14.4 Å². The summed E-state index contributed by atoms with van der Waals surface area (Å²) in [5, 5.41) is 0.587. The Bertz CT molecular complexity index is 720. The third-order valence-electron chi connectivity index (χ3n) is 5.41. The molecule has 2 aliphatic rings. The van der Waals surface area contributed by atoms with Gasteiger partial charge >= 0.3 is 0 Å². The number of amides is 3. The van der Waals surface area contributed by atoms with E-state index >= 15 is 0 Å². The average Bonchev–Trinajstić information content (AvgIpc) is 3.16. The third-order valence-corrected chi connectivity index (χ3v) is 5.66. The number of rotatable bonds is 3. The number of nitrogens with zero attached hydrogens (tertiary/aromatic N) is 3. The Balaban J connectivity index is 1.68. The van der Waals surface area contributed by atoms with E-state index in [4.69, 9.17) is 11.6 Å². The van der Waals surface area contributed by atoms with Crippen LogP contribution in [0.3, 0.4) is 0 Å². The summed E-state index contributed by atoms with van der Waals surface area (Å²) in [5.74, 6) is -0.343. The fraction of sp³-hybridized carbons (Fsp3) is 0.550. The maximum absolute atomic E-state index is 13.1. The summed E-state index contributed by atoms with van der Waals surface area (Å²) in [6, 6.07) is 6.45. The molecule has 0 N–H and O–H groups in total. The number of hydrogen-bond donors (Lipinski definition) is 0. The molecule has 2 unspecified atom stereocenters. The zero-order valence-corrected chi connectivity index (χ0v) is 16.6. The number of carbonyl (C=O) groups excluding carboxylic acids is 3. The molecule has 3 amide bonds. The molecule has 0 radical (unpaired) electrons. The second kappa shape index (κ2) is 8.30. The van der Waals surface area contributed by atoms with Crippen LogP contribution in [0.4, 0.5) is 0 Å². The van der Waals surface area contributed by atoms with Crippen molar-refractivity contribution in [3.63, 3.8) is 0 Å². The van der Waals surface area contributed by atoms with Gasteiger partial charge in [-0.3, -0.25) is 14.4 Å². The lowest BCUT2D eigenvalue weighted by molar-refractivity contribution is -0.145. The van der Waals surface area contributed by atoms with Crippen LogP contribution in [0.25, 0.3) is 0 Å². The summed E-state index contributed by atoms with van der Waals surface area (Å²) in [6.07, 6.45) is 3.09. The minimum atomic E-state index is -0.366. The molecule has 7 heteroatoms. The van der Waals surface area contributed by atoms with E-state index in [1.54, 1.807) is 53.1 Å². The molecule has 1 aromatic carbocycles. The lowest BCUT2D eigenvalue weighted by Gasteiger charge is -2.35. The molecule has 2 saturated heterocycles. The Morgan fingerprint density at radius 1 is 1.04 bits per heavy atom. The number of hydrogen-bond acceptors (Lipinski definition) is 3. The van der Waals surface area contributed by atoms with Crippen LogP contribution in [0.2, 0.25) is 5.02 Å². The van der Waals surface area contributed by atoms with Crippen LogP contribution in [0.5, 0.6) is 0 Å². The lowest BCUT2D eigenvalue weighted by atomic mass is 9.95. The number of likely N-dealkylation sites (N-methyl/N-ethyl adjacent to an activating group) is 1. The maximum atomic E-state index is 13.1. The van der Waals surface area contributed by atoms with Gasteiger partial charge in [0.25, 0.3) is 5.91 Å². The zero-order valence-electron chi connectivity index (χ0n) is 15.9. The van der Waals surface area contributed by atoms with E-state index in [9.17, 15) is 14.4 Å². The molecule has 2 heterocycles. The van der Waals surface area contributed by atoms with Crippen LogP contribution in [0, 0.1) is 5.92 Å². The van der Waals surface area contributed by atoms with Crippen molar-refractivity contribution >= 4 is 29.3 Å². The minimum Gasteiger partial charge on any atom is -0.347 e. The van der Waals surface area contributed by atoms with Crippen molar-refractivity contribution in [3.05, 3.63) is 34.9 Å². The SMILES string of the molecule is CN(C)C(=O)C1CCCN1C(=O)C1CCCN(C(=O)c2ccc(Cl)cc2)C1. The number of benzene rings is 1. The highest BCUT2D eigenvalue weighted by atomic mass is 35.5. The van der Waals surface area contributed by atoms with Gasteiger partial charge in [0.2, 0.25) is 11.8 Å². The molecule has 6 nitrogen and oxygen atoms in total. The van der Waals surface area contributed by atoms with E-state index in [0.29, 0.717) is 36.6 Å². The summed E-state index contributed by atoms with van der Waals surface area (Å²) in [4.78, 5) is 43.2. The number of piperidine rings is 1. The molecular weight excluding hydrogens is 366 g/mol. The van der Waals surface area contributed by atoms with Gasteiger partial charge in [-0.2, -0.15) is 0 Å². The summed E-state index contributed by atoms with van der Waals surface area (Å²) in [5.41, 5.74) is 0.578. The second-order valence-electron chi connectivity index (χ2n) is 7.52. The predicted molar refractivity (Wildman–Crippen MR) is 104 cm³/mol. The number of likely N-dealkylation sites (tertiary alicyclic amines) is 2. The average molecular weight is 392 g/mol. The van der Waals surface area contributed by atoms with Gasteiger partial charge in [-0.25, -0.2) is 0 Å². The van der Waals surface area contributed by atoms with Crippen LogP contribution in [0.15, 0.2) is 24.3 Å². The zero-order chi connectivity index (χ0) is 19.6. The highest BCUT2D eigenvalue weighted by Gasteiger charge is 2.39. The van der Waals surface area contributed by atoms with Gasteiger partial charge in [0.1, 0.15) is 6.04 Å². The molecule has 1 aromatic rings. The molecule has 2 aliphatic heterocycles. The number of halogens is 1. The summed E-state index contributed by atoms with van der Waals surface area (Å²) >= 11 is 5.89. The van der Waals surface area contributed by atoms with Crippen LogP contribution < -0.4 is 0 Å². The van der Waals surface area contributed by atoms with Gasteiger partial charge in [-0.15, -0.1) is 0 Å². The first-order valence-corrected chi connectivity index (χ1v) is 9.82. The first-order valence-electron chi connectivity index (χ1n) is 9.45. The molecule has 0 spiro atoms. The van der Waals surface area contributed by atoms with Crippen LogP contribution >= 0.6 is 11.6 Å². The molecule has 0 aromatic heterocycles. The van der Waals surface area contributed by atoms with Gasteiger partial charge in [-0.05, 0) is 49.9 Å². The van der Waals surface area contributed by atoms with E-state index in [1.165, 1.54) is 0 Å². The first-order chi connectivity index (χ1) is 12.9. The Hall–Kier alpha value is -2.08. The molecular formula is C20H26ClN3O3. The van der Waals surface area contributed by atoms with Gasteiger partial charge in [0.05, 0.1) is 5.92 Å². The monoisotopic (exact) mass is 391 g/mol. The fourth-order valence-corrected chi connectivity index (χ4v) is 4.08. The molecule has 0 aliphatic carbocycles. The Morgan fingerprint density at radius 3 is 2.37 bits per heavy atom. The molecule has 146 valence electrons. The fourth-order valence-electron chi connectivity index (χ4n) is 3.96. The normalized spacial score (nSPS) is 22.6. The molecule has 27 heavy (non-hydrogen) atoms. The predicted octanol–water partition coefficient (Wildman–Crippen LogP) is 2.27. The lowest BCUT2D eigenvalue weighted by Crippen LogP contribution is -2.51. The van der Waals surface area contributed by atoms with Crippen LogP contribution in [-0.2, 0) is 9.59 Å². The smallest absolute Gasteiger partial charge is 0.253 e. The Kier molecular flexibility index (Phi) is 6.05. The molecule has 0 bridgehead atoms. The van der Waals surface area contributed by atoms with E-state index in [1.807, 2.05) is 0 Å². The first kappa shape index (κ1) is 19.7. The maximum Gasteiger partial charge on any atom is 0.253 e. The van der Waals surface area contributed by atoms with Gasteiger partial charge in [0.15, 0.2) is 0 Å². The van der Waals surface area contributed by atoms with E-state index in [2.05, 4.69) is 0 Å². The van der Waals surface area contributed by atoms with Crippen molar-refractivity contribution in [3.8, 4) is 0 Å². The van der Waals surface area contributed by atoms with Crippen LogP contribution in [-0.4, -0.2) is 72.2 Å². The molecule has 3 rings (SSSR count). The topological polar surface area (TPSA) is 60.9 Å². The standard InChI is InChI=1S/C20H26ClN3O3/c1-22(2)20(27)17-6-4-12-24(17)19(26)15-5-3-11-23(13-15)18(25)14-7-9-16(21)10-8-14/h7-10,15,17H,3-6,11-13H2,1-2H3. The Labute approximate surface area is 165 Å². The highest BCUT2D eigenvalue weighted by Crippen LogP contribution is 2.26. The van der Waals surface area contributed by atoms with Crippen molar-refractivity contribution in [1.29, 1.82) is 0 Å². The minimum absolute atomic E-state index is 0.00121. The molecule has 2 atom stereocenters. The second-order valence-corrected chi connectivity index (χ2v) is 7.96. The number of carbonyl (C=O) groups is 3. The van der Waals surface area contributed by atoms with Crippen molar-refractivity contribution in [1.82, 2.24) is 14.7 Å². The molecule has 2 fully saturated rings.